The SMILES string of the molecule is Cc1ccc(NC(=O)CC2C(=O)N(C)C(=S)N2NC(=O)c2ccc(Br)cc2)cc1Cl. The van der Waals surface area contributed by atoms with Crippen LogP contribution in [-0.4, -0.2) is 45.8 Å². The summed E-state index contributed by atoms with van der Waals surface area (Å²) in [5.41, 5.74) is 4.42. The first kappa shape index (κ1) is 22.2. The molecule has 7 nitrogen and oxygen atoms in total. The number of benzene rings is 2. The molecule has 0 bridgehead atoms. The zero-order chi connectivity index (χ0) is 22.0. The third-order valence-electron chi connectivity index (χ3n) is 4.58. The molecule has 2 aromatic rings. The van der Waals surface area contributed by atoms with Crippen molar-refractivity contribution >= 4 is 68.3 Å². The molecule has 0 aliphatic carbocycles. The van der Waals surface area contributed by atoms with E-state index < -0.39 is 17.9 Å². The molecule has 1 saturated heterocycles. The number of nitrogens with zero attached hydrogens (tertiary/aromatic N) is 2. The van der Waals surface area contributed by atoms with Crippen LogP contribution in [0, 0.1) is 6.92 Å². The highest BCUT2D eigenvalue weighted by Crippen LogP contribution is 2.22. The highest BCUT2D eigenvalue weighted by Gasteiger charge is 2.42. The number of carbonyl (C=O) groups is 3. The summed E-state index contributed by atoms with van der Waals surface area (Å²) >= 11 is 14.7. The monoisotopic (exact) mass is 508 g/mol. The Hall–Kier alpha value is -2.49. The van der Waals surface area contributed by atoms with Gasteiger partial charge in [0.25, 0.3) is 11.8 Å². The highest BCUT2D eigenvalue weighted by molar-refractivity contribution is 9.10. The third kappa shape index (κ3) is 4.80. The topological polar surface area (TPSA) is 81.8 Å². The first-order valence-electron chi connectivity index (χ1n) is 8.90. The van der Waals surface area contributed by atoms with Crippen molar-refractivity contribution in [1.29, 1.82) is 0 Å². The fourth-order valence-corrected chi connectivity index (χ4v) is 3.57. The molecule has 1 aliphatic heterocycles. The summed E-state index contributed by atoms with van der Waals surface area (Å²) in [6, 6.07) is 10.9. The molecule has 30 heavy (non-hydrogen) atoms. The Morgan fingerprint density at radius 2 is 1.87 bits per heavy atom. The Labute approximate surface area is 192 Å². The number of aryl methyl sites for hydroxylation is 1. The van der Waals surface area contributed by atoms with Crippen molar-refractivity contribution in [2.24, 2.45) is 0 Å². The maximum Gasteiger partial charge on any atom is 0.269 e. The molecule has 0 radical (unpaired) electrons. The van der Waals surface area contributed by atoms with E-state index in [1.165, 1.54) is 17.0 Å². The van der Waals surface area contributed by atoms with Crippen LogP contribution in [0.5, 0.6) is 0 Å². The van der Waals surface area contributed by atoms with Gasteiger partial charge >= 0.3 is 0 Å². The second-order valence-corrected chi connectivity index (χ2v) is 8.42. The largest absolute Gasteiger partial charge is 0.326 e. The number of hydrogen-bond acceptors (Lipinski definition) is 4. The summed E-state index contributed by atoms with van der Waals surface area (Å²) < 4.78 is 0.830. The Balaban J connectivity index is 1.73. The van der Waals surface area contributed by atoms with Gasteiger partial charge in [0.05, 0.1) is 6.42 Å². The molecule has 156 valence electrons. The standard InChI is InChI=1S/C20H18BrClN4O3S/c1-11-3-8-14(9-15(11)22)23-17(27)10-16-19(29)25(2)20(30)26(16)24-18(28)12-4-6-13(21)7-5-12/h3-9,16H,10H2,1-2H3,(H,23,27)(H,24,28). The van der Waals surface area contributed by atoms with E-state index >= 15 is 0 Å². The first-order chi connectivity index (χ1) is 14.2. The maximum absolute atomic E-state index is 12.6. The lowest BCUT2D eigenvalue weighted by Gasteiger charge is -2.24. The minimum absolute atomic E-state index is 0.113. The van der Waals surface area contributed by atoms with Crippen molar-refractivity contribution in [3.8, 4) is 0 Å². The van der Waals surface area contributed by atoms with E-state index in [2.05, 4.69) is 26.7 Å². The lowest BCUT2D eigenvalue weighted by molar-refractivity contribution is -0.130. The zero-order valence-corrected chi connectivity index (χ0v) is 19.3. The summed E-state index contributed by atoms with van der Waals surface area (Å²) in [7, 11) is 1.50. The van der Waals surface area contributed by atoms with Crippen LogP contribution in [0.4, 0.5) is 5.69 Å². The molecule has 1 atom stereocenters. The van der Waals surface area contributed by atoms with E-state index in [0.29, 0.717) is 16.3 Å². The number of likely N-dealkylation sites (N-methyl/N-ethyl adjacent to an activating group) is 1. The van der Waals surface area contributed by atoms with E-state index in [1.807, 2.05) is 6.92 Å². The molecule has 2 N–H and O–H groups in total. The predicted octanol–water partition coefficient (Wildman–Crippen LogP) is 3.51. The first-order valence-corrected chi connectivity index (χ1v) is 10.5. The van der Waals surface area contributed by atoms with Crippen LogP contribution in [0.2, 0.25) is 5.02 Å². The lowest BCUT2D eigenvalue weighted by Crippen LogP contribution is -2.49. The Bertz CT molecular complexity index is 1030. The van der Waals surface area contributed by atoms with Gasteiger partial charge in [-0.25, -0.2) is 5.01 Å². The van der Waals surface area contributed by atoms with Gasteiger partial charge < -0.3 is 5.32 Å². The average Bonchev–Trinajstić information content (AvgIpc) is 2.89. The molecule has 3 amide bonds. The number of thiocarbonyl (C=S) groups is 1. The second-order valence-electron chi connectivity index (χ2n) is 6.73. The molecular weight excluding hydrogens is 492 g/mol. The number of hydrazine groups is 1. The quantitative estimate of drug-likeness (QED) is 0.603. The Kier molecular flexibility index (Phi) is 6.74. The smallest absolute Gasteiger partial charge is 0.269 e. The van der Waals surface area contributed by atoms with Crippen LogP contribution in [0.15, 0.2) is 46.9 Å². The van der Waals surface area contributed by atoms with Gasteiger partial charge in [0.2, 0.25) is 5.91 Å². The Morgan fingerprint density at radius 3 is 2.50 bits per heavy atom. The number of carbonyl (C=O) groups excluding carboxylic acids is 3. The lowest BCUT2D eigenvalue weighted by atomic mass is 10.1. The van der Waals surface area contributed by atoms with Crippen LogP contribution in [0.25, 0.3) is 0 Å². The summed E-state index contributed by atoms with van der Waals surface area (Å²) in [5, 5.41) is 4.61. The van der Waals surface area contributed by atoms with Gasteiger partial charge in [-0.3, -0.25) is 24.7 Å². The molecule has 2 aromatic carbocycles. The predicted molar refractivity (Wildman–Crippen MR) is 122 cm³/mol. The van der Waals surface area contributed by atoms with Gasteiger partial charge in [-0.05, 0) is 61.1 Å². The van der Waals surface area contributed by atoms with Gasteiger partial charge in [0.15, 0.2) is 5.11 Å². The normalized spacial score (nSPS) is 16.1. The summed E-state index contributed by atoms with van der Waals surface area (Å²) in [4.78, 5) is 39.0. The number of hydrogen-bond donors (Lipinski definition) is 2. The van der Waals surface area contributed by atoms with Crippen LogP contribution in [0.3, 0.4) is 0 Å². The fourth-order valence-electron chi connectivity index (χ4n) is 2.86. The number of nitrogens with one attached hydrogen (secondary N) is 2. The summed E-state index contributed by atoms with van der Waals surface area (Å²) in [6.45, 7) is 1.86. The van der Waals surface area contributed by atoms with Gasteiger partial charge in [0.1, 0.15) is 6.04 Å². The number of amides is 3. The van der Waals surface area contributed by atoms with Crippen molar-refractivity contribution in [3.05, 3.63) is 63.1 Å². The van der Waals surface area contributed by atoms with E-state index in [0.717, 1.165) is 10.0 Å². The highest BCUT2D eigenvalue weighted by atomic mass is 79.9. The number of halogens is 2. The van der Waals surface area contributed by atoms with Crippen molar-refractivity contribution in [2.45, 2.75) is 19.4 Å². The minimum atomic E-state index is -0.956. The maximum atomic E-state index is 12.6. The molecule has 0 spiro atoms. The molecule has 10 heteroatoms. The zero-order valence-electron chi connectivity index (χ0n) is 16.1. The summed E-state index contributed by atoms with van der Waals surface area (Å²) in [5.74, 6) is -1.23. The van der Waals surface area contributed by atoms with Gasteiger partial charge in [-0.2, -0.15) is 0 Å². The third-order valence-corrected chi connectivity index (χ3v) is 5.99. The number of rotatable bonds is 5. The molecule has 1 fully saturated rings. The molecule has 0 aromatic heterocycles. The van der Waals surface area contributed by atoms with Crippen molar-refractivity contribution in [3.63, 3.8) is 0 Å². The second kappa shape index (κ2) is 9.11. The van der Waals surface area contributed by atoms with E-state index in [4.69, 9.17) is 23.8 Å². The number of anilines is 1. The van der Waals surface area contributed by atoms with Gasteiger partial charge in [-0.1, -0.05) is 33.6 Å². The van der Waals surface area contributed by atoms with Crippen LogP contribution >= 0.6 is 39.7 Å². The van der Waals surface area contributed by atoms with E-state index in [9.17, 15) is 14.4 Å². The minimum Gasteiger partial charge on any atom is -0.326 e. The van der Waals surface area contributed by atoms with Crippen molar-refractivity contribution < 1.29 is 14.4 Å². The fraction of sp³-hybridized carbons (Fsp3) is 0.200. The summed E-state index contributed by atoms with van der Waals surface area (Å²) in [6.07, 6.45) is -0.199. The molecule has 1 aliphatic rings. The van der Waals surface area contributed by atoms with Crippen LogP contribution in [-0.2, 0) is 9.59 Å². The van der Waals surface area contributed by atoms with Crippen LogP contribution in [0.1, 0.15) is 22.3 Å². The van der Waals surface area contributed by atoms with Crippen molar-refractivity contribution in [2.75, 3.05) is 12.4 Å². The average molecular weight is 510 g/mol. The van der Waals surface area contributed by atoms with E-state index in [-0.39, 0.29) is 17.4 Å². The van der Waals surface area contributed by atoms with Crippen molar-refractivity contribution in [1.82, 2.24) is 15.3 Å². The molecule has 0 saturated carbocycles. The molecule has 1 unspecified atom stereocenters. The van der Waals surface area contributed by atoms with Gasteiger partial charge in [-0.15, -0.1) is 0 Å². The van der Waals surface area contributed by atoms with Gasteiger partial charge in [0, 0.05) is 27.8 Å². The molecule has 3 rings (SSSR count). The molecular formula is C20H18BrClN4O3S. The van der Waals surface area contributed by atoms with Crippen LogP contribution < -0.4 is 10.7 Å². The Morgan fingerprint density at radius 1 is 1.20 bits per heavy atom. The molecule has 1 heterocycles. The van der Waals surface area contributed by atoms with E-state index in [1.54, 1.807) is 42.5 Å².